The van der Waals surface area contributed by atoms with Gasteiger partial charge >= 0.3 is 5.97 Å². The predicted molar refractivity (Wildman–Crippen MR) is 109 cm³/mol. The Kier molecular flexibility index (Phi) is 6.16. The standard InChI is InChI=1S/C22H24N2O5/c1-13(2)9-18(22(27)28)24-21(26)12-23-20(25)11-15-10-17-16-6-4-3-5-14(16)7-8-19(17)29-15/h3-8,10,13,18H,9,11-12H2,1-2H3,(H,23,25)(H,24,26)(H,27,28)/t18-/m0/s1. The Labute approximate surface area is 168 Å². The first-order chi connectivity index (χ1) is 13.8. The molecule has 1 aromatic heterocycles. The molecule has 1 heterocycles. The summed E-state index contributed by atoms with van der Waals surface area (Å²) in [6.07, 6.45) is 0.312. The summed E-state index contributed by atoms with van der Waals surface area (Å²) in [6, 6.07) is 12.6. The number of rotatable bonds is 8. The number of carboxylic acid groups (broad SMARTS) is 1. The van der Waals surface area contributed by atoms with Gasteiger partial charge in [0.2, 0.25) is 11.8 Å². The van der Waals surface area contributed by atoms with Gasteiger partial charge in [0.05, 0.1) is 13.0 Å². The fourth-order valence-electron chi connectivity index (χ4n) is 3.27. The third kappa shape index (κ3) is 5.13. The van der Waals surface area contributed by atoms with Crippen LogP contribution in [-0.2, 0) is 20.8 Å². The summed E-state index contributed by atoms with van der Waals surface area (Å²) in [6.45, 7) is 3.46. The molecule has 2 amide bonds. The second-order valence-electron chi connectivity index (χ2n) is 7.45. The summed E-state index contributed by atoms with van der Waals surface area (Å²) in [5, 5.41) is 17.2. The van der Waals surface area contributed by atoms with Crippen molar-refractivity contribution in [1.29, 1.82) is 0 Å². The number of hydrogen-bond acceptors (Lipinski definition) is 4. The van der Waals surface area contributed by atoms with Crippen LogP contribution in [0.3, 0.4) is 0 Å². The van der Waals surface area contributed by atoms with Crippen molar-refractivity contribution in [2.75, 3.05) is 6.54 Å². The molecule has 0 aliphatic rings. The van der Waals surface area contributed by atoms with E-state index in [9.17, 15) is 19.5 Å². The number of hydrogen-bond donors (Lipinski definition) is 3. The molecule has 3 aromatic rings. The van der Waals surface area contributed by atoms with E-state index in [-0.39, 0.29) is 24.8 Å². The number of carbonyl (C=O) groups excluding carboxylic acids is 2. The smallest absolute Gasteiger partial charge is 0.326 e. The fraction of sp³-hybridized carbons (Fsp3) is 0.318. The fourth-order valence-corrected chi connectivity index (χ4v) is 3.27. The van der Waals surface area contributed by atoms with E-state index < -0.39 is 17.9 Å². The number of nitrogens with one attached hydrogen (secondary N) is 2. The number of benzene rings is 2. The van der Waals surface area contributed by atoms with Crippen molar-refractivity contribution in [3.05, 3.63) is 48.2 Å². The number of fused-ring (bicyclic) bond motifs is 3. The van der Waals surface area contributed by atoms with E-state index in [2.05, 4.69) is 10.6 Å². The highest BCUT2D eigenvalue weighted by atomic mass is 16.4. The van der Waals surface area contributed by atoms with Crippen molar-refractivity contribution in [3.8, 4) is 0 Å². The molecule has 0 saturated heterocycles. The predicted octanol–water partition coefficient (Wildman–Crippen LogP) is 2.86. The maximum absolute atomic E-state index is 12.2. The van der Waals surface area contributed by atoms with Crippen molar-refractivity contribution in [1.82, 2.24) is 10.6 Å². The first-order valence-electron chi connectivity index (χ1n) is 9.52. The molecule has 0 bridgehead atoms. The van der Waals surface area contributed by atoms with Gasteiger partial charge < -0.3 is 20.2 Å². The normalized spacial score (nSPS) is 12.2. The third-order valence-corrected chi connectivity index (χ3v) is 4.60. The van der Waals surface area contributed by atoms with Crippen molar-refractivity contribution in [2.45, 2.75) is 32.7 Å². The van der Waals surface area contributed by atoms with Crippen molar-refractivity contribution >= 4 is 39.5 Å². The molecule has 0 saturated carbocycles. The van der Waals surface area contributed by atoms with Crippen LogP contribution in [0.2, 0.25) is 0 Å². The van der Waals surface area contributed by atoms with Crippen LogP contribution in [0.5, 0.6) is 0 Å². The molecule has 0 unspecified atom stereocenters. The molecular formula is C22H24N2O5. The lowest BCUT2D eigenvalue weighted by Gasteiger charge is -2.16. The highest BCUT2D eigenvalue weighted by Crippen LogP contribution is 2.28. The Morgan fingerprint density at radius 3 is 2.52 bits per heavy atom. The Hall–Kier alpha value is -3.35. The molecule has 0 aliphatic heterocycles. The van der Waals surface area contributed by atoms with Gasteiger partial charge in [0.25, 0.3) is 0 Å². The number of carbonyl (C=O) groups is 3. The molecule has 7 nitrogen and oxygen atoms in total. The lowest BCUT2D eigenvalue weighted by molar-refractivity contribution is -0.142. The molecule has 0 aliphatic carbocycles. The monoisotopic (exact) mass is 396 g/mol. The summed E-state index contributed by atoms with van der Waals surface area (Å²) in [7, 11) is 0. The quantitative estimate of drug-likeness (QED) is 0.543. The summed E-state index contributed by atoms with van der Waals surface area (Å²) in [4.78, 5) is 35.4. The molecular weight excluding hydrogens is 372 g/mol. The van der Waals surface area contributed by atoms with Gasteiger partial charge in [-0.1, -0.05) is 44.2 Å². The molecule has 2 aromatic carbocycles. The van der Waals surface area contributed by atoms with Gasteiger partial charge in [-0.15, -0.1) is 0 Å². The number of carboxylic acids is 1. The minimum absolute atomic E-state index is 0.00929. The zero-order chi connectivity index (χ0) is 21.0. The molecule has 7 heteroatoms. The van der Waals surface area contributed by atoms with E-state index in [4.69, 9.17) is 4.42 Å². The van der Waals surface area contributed by atoms with E-state index in [0.717, 1.165) is 16.2 Å². The average molecular weight is 396 g/mol. The van der Waals surface area contributed by atoms with Gasteiger partial charge in [0.15, 0.2) is 0 Å². The lowest BCUT2D eigenvalue weighted by Crippen LogP contribution is -2.46. The van der Waals surface area contributed by atoms with Gasteiger partial charge in [-0.05, 0) is 35.2 Å². The molecule has 152 valence electrons. The molecule has 29 heavy (non-hydrogen) atoms. The third-order valence-electron chi connectivity index (χ3n) is 4.60. The molecule has 0 fully saturated rings. The first-order valence-corrected chi connectivity index (χ1v) is 9.52. The molecule has 3 rings (SSSR count). The Morgan fingerprint density at radius 2 is 1.79 bits per heavy atom. The van der Waals surface area contributed by atoms with Crippen molar-refractivity contribution in [3.63, 3.8) is 0 Å². The maximum Gasteiger partial charge on any atom is 0.326 e. The Balaban J connectivity index is 1.58. The van der Waals surface area contributed by atoms with E-state index in [1.165, 1.54) is 0 Å². The second-order valence-corrected chi connectivity index (χ2v) is 7.45. The van der Waals surface area contributed by atoms with Crippen LogP contribution in [-0.4, -0.2) is 35.5 Å². The van der Waals surface area contributed by atoms with E-state index in [1.54, 1.807) is 0 Å². The molecule has 0 spiro atoms. The Morgan fingerprint density at radius 1 is 1.03 bits per heavy atom. The summed E-state index contributed by atoms with van der Waals surface area (Å²) in [5.74, 6) is -1.39. The van der Waals surface area contributed by atoms with Gasteiger partial charge in [0.1, 0.15) is 17.4 Å². The summed E-state index contributed by atoms with van der Waals surface area (Å²) < 4.78 is 5.75. The topological polar surface area (TPSA) is 109 Å². The molecule has 0 radical (unpaired) electrons. The second kappa shape index (κ2) is 8.77. The SMILES string of the molecule is CC(C)C[C@H](NC(=O)CNC(=O)Cc1cc2c(ccc3ccccc32)o1)C(=O)O. The summed E-state index contributed by atoms with van der Waals surface area (Å²) in [5.41, 5.74) is 0.697. The van der Waals surface area contributed by atoms with Crippen LogP contribution in [0.25, 0.3) is 21.7 Å². The van der Waals surface area contributed by atoms with Gasteiger partial charge in [-0.25, -0.2) is 4.79 Å². The zero-order valence-electron chi connectivity index (χ0n) is 16.4. The van der Waals surface area contributed by atoms with Gasteiger partial charge in [0, 0.05) is 5.39 Å². The highest BCUT2D eigenvalue weighted by Gasteiger charge is 2.21. The van der Waals surface area contributed by atoms with Gasteiger partial charge in [-0.3, -0.25) is 9.59 Å². The van der Waals surface area contributed by atoms with E-state index in [1.807, 2.05) is 56.3 Å². The van der Waals surface area contributed by atoms with E-state index >= 15 is 0 Å². The number of furan rings is 1. The number of aliphatic carboxylic acids is 1. The molecule has 1 atom stereocenters. The minimum Gasteiger partial charge on any atom is -0.480 e. The van der Waals surface area contributed by atoms with Crippen LogP contribution < -0.4 is 10.6 Å². The Bertz CT molecular complexity index is 1050. The first kappa shape index (κ1) is 20.4. The van der Waals surface area contributed by atoms with Gasteiger partial charge in [-0.2, -0.15) is 0 Å². The van der Waals surface area contributed by atoms with Crippen LogP contribution in [0.15, 0.2) is 46.9 Å². The maximum atomic E-state index is 12.2. The lowest BCUT2D eigenvalue weighted by atomic mass is 10.0. The highest BCUT2D eigenvalue weighted by molar-refractivity contribution is 6.06. The zero-order valence-corrected chi connectivity index (χ0v) is 16.4. The number of amides is 2. The van der Waals surface area contributed by atoms with Crippen molar-refractivity contribution < 1.29 is 23.9 Å². The van der Waals surface area contributed by atoms with Crippen molar-refractivity contribution in [2.24, 2.45) is 5.92 Å². The van der Waals surface area contributed by atoms with Crippen LogP contribution >= 0.6 is 0 Å². The molecule has 3 N–H and O–H groups in total. The van der Waals surface area contributed by atoms with E-state index in [0.29, 0.717) is 17.8 Å². The minimum atomic E-state index is -1.09. The van der Waals surface area contributed by atoms with Crippen LogP contribution in [0, 0.1) is 5.92 Å². The summed E-state index contributed by atoms with van der Waals surface area (Å²) >= 11 is 0. The average Bonchev–Trinajstić information content (AvgIpc) is 3.08. The van der Waals surface area contributed by atoms with Crippen LogP contribution in [0.1, 0.15) is 26.0 Å². The largest absolute Gasteiger partial charge is 0.480 e. The van der Waals surface area contributed by atoms with Crippen LogP contribution in [0.4, 0.5) is 0 Å².